The zero-order valence-corrected chi connectivity index (χ0v) is 16.3. The summed E-state index contributed by atoms with van der Waals surface area (Å²) in [5, 5.41) is 3.75. The van der Waals surface area contributed by atoms with Crippen LogP contribution in [0.4, 0.5) is 11.6 Å². The van der Waals surface area contributed by atoms with Crippen LogP contribution in [0.1, 0.15) is 56.6 Å². The Kier molecular flexibility index (Phi) is 5.77. The standard InChI is InChI=1S/C20H25ClN4O/c1-13(2)16-4-7-22-19(11-16)24-20-12-17(10-18(21)23-20)15-5-8-25(9-6-15)14(3)26/h4,7,10-13,15H,5-6,8-9H2,1-3H3,(H,22,23,24). The number of carbonyl (C=O) groups excluding carboxylic acids is 1. The van der Waals surface area contributed by atoms with Gasteiger partial charge in [0.2, 0.25) is 5.91 Å². The first-order valence-corrected chi connectivity index (χ1v) is 9.46. The number of amides is 1. The van der Waals surface area contributed by atoms with Gasteiger partial charge >= 0.3 is 0 Å². The van der Waals surface area contributed by atoms with E-state index in [-0.39, 0.29) is 5.91 Å². The monoisotopic (exact) mass is 372 g/mol. The fourth-order valence-electron chi connectivity index (χ4n) is 3.35. The number of pyridine rings is 2. The Balaban J connectivity index is 1.76. The van der Waals surface area contributed by atoms with Crippen LogP contribution in [0.15, 0.2) is 30.5 Å². The van der Waals surface area contributed by atoms with Crippen LogP contribution in [0.3, 0.4) is 0 Å². The molecule has 2 aromatic heterocycles. The SMILES string of the molecule is CC(=O)N1CCC(c2cc(Cl)nc(Nc3cc(C(C)C)ccn3)c2)CC1. The molecule has 5 nitrogen and oxygen atoms in total. The van der Waals surface area contributed by atoms with Crippen LogP contribution in [-0.4, -0.2) is 33.9 Å². The van der Waals surface area contributed by atoms with Gasteiger partial charge in [0.1, 0.15) is 16.8 Å². The first-order chi connectivity index (χ1) is 12.4. The molecule has 0 bridgehead atoms. The van der Waals surface area contributed by atoms with Gasteiger partial charge in [0, 0.05) is 26.2 Å². The van der Waals surface area contributed by atoms with Gasteiger partial charge in [-0.1, -0.05) is 25.4 Å². The topological polar surface area (TPSA) is 58.1 Å². The summed E-state index contributed by atoms with van der Waals surface area (Å²) >= 11 is 6.26. The third kappa shape index (κ3) is 4.52. The first-order valence-electron chi connectivity index (χ1n) is 9.08. The number of hydrogen-bond acceptors (Lipinski definition) is 4. The van der Waals surface area contributed by atoms with Gasteiger partial charge in [-0.05, 0) is 60.1 Å². The number of nitrogens with one attached hydrogen (secondary N) is 1. The molecule has 1 N–H and O–H groups in total. The number of rotatable bonds is 4. The minimum Gasteiger partial charge on any atom is -0.343 e. The Bertz CT molecular complexity index is 785. The molecule has 3 heterocycles. The summed E-state index contributed by atoms with van der Waals surface area (Å²) in [5.74, 6) is 2.45. The fraction of sp³-hybridized carbons (Fsp3) is 0.450. The molecule has 1 aliphatic rings. The van der Waals surface area contributed by atoms with Crippen molar-refractivity contribution in [3.63, 3.8) is 0 Å². The van der Waals surface area contributed by atoms with Gasteiger partial charge in [-0.2, -0.15) is 0 Å². The van der Waals surface area contributed by atoms with E-state index < -0.39 is 0 Å². The minimum absolute atomic E-state index is 0.148. The Morgan fingerprint density at radius 2 is 1.96 bits per heavy atom. The molecule has 0 spiro atoms. The molecule has 1 amide bonds. The Morgan fingerprint density at radius 1 is 1.23 bits per heavy atom. The molecule has 1 fully saturated rings. The third-order valence-corrected chi connectivity index (χ3v) is 5.13. The number of halogens is 1. The number of carbonyl (C=O) groups is 1. The molecule has 0 atom stereocenters. The maximum absolute atomic E-state index is 11.5. The normalized spacial score (nSPS) is 15.3. The second-order valence-electron chi connectivity index (χ2n) is 7.14. The minimum atomic E-state index is 0.148. The van der Waals surface area contributed by atoms with Crippen LogP contribution in [0.2, 0.25) is 5.15 Å². The van der Waals surface area contributed by atoms with E-state index >= 15 is 0 Å². The van der Waals surface area contributed by atoms with Crippen molar-refractivity contribution in [3.8, 4) is 0 Å². The van der Waals surface area contributed by atoms with Gasteiger partial charge in [0.15, 0.2) is 0 Å². The molecule has 0 aromatic carbocycles. The van der Waals surface area contributed by atoms with Crippen LogP contribution in [0.5, 0.6) is 0 Å². The Labute approximate surface area is 159 Å². The van der Waals surface area contributed by atoms with E-state index in [1.165, 1.54) is 5.56 Å². The molecule has 0 radical (unpaired) electrons. The van der Waals surface area contributed by atoms with Crippen molar-refractivity contribution in [2.45, 2.75) is 45.4 Å². The van der Waals surface area contributed by atoms with Gasteiger partial charge in [-0.15, -0.1) is 0 Å². The lowest BCUT2D eigenvalue weighted by Gasteiger charge is -2.31. The molecular formula is C20H25ClN4O. The van der Waals surface area contributed by atoms with Gasteiger partial charge in [0.25, 0.3) is 0 Å². The summed E-state index contributed by atoms with van der Waals surface area (Å²) in [6.07, 6.45) is 3.70. The average molecular weight is 373 g/mol. The van der Waals surface area contributed by atoms with Crippen LogP contribution < -0.4 is 5.32 Å². The lowest BCUT2D eigenvalue weighted by molar-refractivity contribution is -0.129. The van der Waals surface area contributed by atoms with Crippen molar-refractivity contribution in [2.24, 2.45) is 0 Å². The molecule has 138 valence electrons. The first kappa shape index (κ1) is 18.6. The van der Waals surface area contributed by atoms with Crippen LogP contribution >= 0.6 is 11.6 Å². The van der Waals surface area contributed by atoms with E-state index in [1.807, 2.05) is 29.2 Å². The van der Waals surface area contributed by atoms with Crippen molar-refractivity contribution < 1.29 is 4.79 Å². The lowest BCUT2D eigenvalue weighted by Crippen LogP contribution is -2.36. The lowest BCUT2D eigenvalue weighted by atomic mass is 9.90. The van der Waals surface area contributed by atoms with Crippen molar-refractivity contribution >= 4 is 29.1 Å². The molecular weight excluding hydrogens is 348 g/mol. The third-order valence-electron chi connectivity index (χ3n) is 4.93. The van der Waals surface area contributed by atoms with Crippen molar-refractivity contribution in [1.29, 1.82) is 0 Å². The molecule has 0 aliphatic carbocycles. The molecule has 3 rings (SSSR count). The highest BCUT2D eigenvalue weighted by Crippen LogP contribution is 2.31. The highest BCUT2D eigenvalue weighted by atomic mass is 35.5. The number of hydrogen-bond donors (Lipinski definition) is 1. The largest absolute Gasteiger partial charge is 0.343 e. The van der Waals surface area contributed by atoms with E-state index in [4.69, 9.17) is 11.6 Å². The summed E-state index contributed by atoms with van der Waals surface area (Å²) in [6, 6.07) is 8.04. The number of anilines is 2. The predicted octanol–water partition coefficient (Wildman–Crippen LogP) is 4.72. The van der Waals surface area contributed by atoms with E-state index in [2.05, 4.69) is 29.1 Å². The second-order valence-corrected chi connectivity index (χ2v) is 7.53. The van der Waals surface area contributed by atoms with Gasteiger partial charge in [0.05, 0.1) is 0 Å². The number of likely N-dealkylation sites (tertiary alicyclic amines) is 1. The van der Waals surface area contributed by atoms with Crippen molar-refractivity contribution in [1.82, 2.24) is 14.9 Å². The van der Waals surface area contributed by atoms with Gasteiger partial charge in [-0.25, -0.2) is 9.97 Å². The summed E-state index contributed by atoms with van der Waals surface area (Å²) in [6.45, 7) is 7.52. The molecule has 6 heteroatoms. The van der Waals surface area contributed by atoms with E-state index in [0.717, 1.165) is 37.3 Å². The summed E-state index contributed by atoms with van der Waals surface area (Å²) in [5.41, 5.74) is 2.39. The number of aromatic nitrogens is 2. The van der Waals surface area contributed by atoms with E-state index in [0.29, 0.717) is 22.8 Å². The molecule has 2 aromatic rings. The van der Waals surface area contributed by atoms with E-state index in [9.17, 15) is 4.79 Å². The van der Waals surface area contributed by atoms with Crippen molar-refractivity contribution in [3.05, 3.63) is 46.7 Å². The fourth-order valence-corrected chi connectivity index (χ4v) is 3.57. The quantitative estimate of drug-likeness (QED) is 0.788. The maximum atomic E-state index is 11.5. The molecule has 1 aliphatic heterocycles. The number of piperidine rings is 1. The van der Waals surface area contributed by atoms with Crippen molar-refractivity contribution in [2.75, 3.05) is 18.4 Å². The van der Waals surface area contributed by atoms with Crippen LogP contribution in [-0.2, 0) is 4.79 Å². The van der Waals surface area contributed by atoms with Crippen LogP contribution in [0, 0.1) is 0 Å². The predicted molar refractivity (Wildman–Crippen MR) is 105 cm³/mol. The molecule has 1 saturated heterocycles. The van der Waals surface area contributed by atoms with Crippen LogP contribution in [0.25, 0.3) is 0 Å². The molecule has 0 saturated carbocycles. The highest BCUT2D eigenvalue weighted by molar-refractivity contribution is 6.29. The molecule has 26 heavy (non-hydrogen) atoms. The zero-order chi connectivity index (χ0) is 18.7. The summed E-state index contributed by atoms with van der Waals surface area (Å²) < 4.78 is 0. The van der Waals surface area contributed by atoms with E-state index in [1.54, 1.807) is 13.1 Å². The maximum Gasteiger partial charge on any atom is 0.219 e. The Morgan fingerprint density at radius 3 is 2.62 bits per heavy atom. The zero-order valence-electron chi connectivity index (χ0n) is 15.5. The smallest absolute Gasteiger partial charge is 0.219 e. The number of nitrogens with zero attached hydrogens (tertiary/aromatic N) is 3. The summed E-state index contributed by atoms with van der Waals surface area (Å²) in [7, 11) is 0. The second kappa shape index (κ2) is 8.04. The highest BCUT2D eigenvalue weighted by Gasteiger charge is 2.22. The van der Waals surface area contributed by atoms with Gasteiger partial charge in [-0.3, -0.25) is 4.79 Å². The Hall–Kier alpha value is -2.14. The summed E-state index contributed by atoms with van der Waals surface area (Å²) in [4.78, 5) is 22.2. The van der Waals surface area contributed by atoms with Gasteiger partial charge < -0.3 is 10.2 Å². The average Bonchev–Trinajstić information content (AvgIpc) is 2.61. The molecule has 0 unspecified atom stereocenters.